The summed E-state index contributed by atoms with van der Waals surface area (Å²) < 4.78 is 51.5. The predicted octanol–water partition coefficient (Wildman–Crippen LogP) is 5.16. The van der Waals surface area contributed by atoms with Crippen LogP contribution in [0.4, 0.5) is 29.1 Å². The molecule has 156 valence electrons. The number of halogens is 5. The molecule has 0 spiro atoms. The third kappa shape index (κ3) is 4.80. The van der Waals surface area contributed by atoms with Crippen LogP contribution in [-0.2, 0) is 11.0 Å². The fraction of sp³-hybridized carbons (Fsp3) is 0.400. The van der Waals surface area contributed by atoms with E-state index in [1.54, 1.807) is 21.9 Å². The number of alkyl halides is 3. The molecule has 9 heteroatoms. The van der Waals surface area contributed by atoms with E-state index in [4.69, 9.17) is 11.6 Å². The summed E-state index contributed by atoms with van der Waals surface area (Å²) in [5, 5.41) is -0.0638. The quantitative estimate of drug-likeness (QED) is 0.630. The Labute approximate surface area is 171 Å². The van der Waals surface area contributed by atoms with E-state index >= 15 is 0 Å². The van der Waals surface area contributed by atoms with Gasteiger partial charge in [-0.25, -0.2) is 9.37 Å². The van der Waals surface area contributed by atoms with Gasteiger partial charge in [0.1, 0.15) is 11.6 Å². The van der Waals surface area contributed by atoms with Crippen molar-refractivity contribution in [2.24, 2.45) is 5.92 Å². The Morgan fingerprint density at radius 3 is 2.38 bits per heavy atom. The minimum absolute atomic E-state index is 0.0507. The molecule has 29 heavy (non-hydrogen) atoms. The van der Waals surface area contributed by atoms with Crippen molar-refractivity contribution < 1.29 is 22.4 Å². The summed E-state index contributed by atoms with van der Waals surface area (Å²) >= 11 is 6.02. The van der Waals surface area contributed by atoms with E-state index < -0.39 is 11.7 Å². The first kappa shape index (κ1) is 21.4. The molecule has 1 aromatic carbocycles. The number of nitrogens with zero attached hydrogens (tertiary/aromatic N) is 3. The minimum Gasteiger partial charge on any atom is -0.355 e. The number of piperidine rings is 1. The van der Waals surface area contributed by atoms with Gasteiger partial charge in [0.15, 0.2) is 0 Å². The summed E-state index contributed by atoms with van der Waals surface area (Å²) in [6, 6.07) is 6.63. The second kappa shape index (κ2) is 8.57. The number of hydrogen-bond donors (Lipinski definition) is 0. The largest absolute Gasteiger partial charge is 0.417 e. The van der Waals surface area contributed by atoms with Crippen molar-refractivity contribution >= 4 is 29.0 Å². The lowest BCUT2D eigenvalue weighted by Crippen LogP contribution is -2.43. The van der Waals surface area contributed by atoms with Crippen molar-refractivity contribution in [1.29, 1.82) is 0 Å². The van der Waals surface area contributed by atoms with Crippen LogP contribution < -0.4 is 9.80 Å². The van der Waals surface area contributed by atoms with E-state index in [1.165, 1.54) is 12.1 Å². The second-order valence-electron chi connectivity index (χ2n) is 6.85. The third-order valence-electron chi connectivity index (χ3n) is 5.01. The van der Waals surface area contributed by atoms with E-state index in [2.05, 4.69) is 4.98 Å². The first-order valence-electron chi connectivity index (χ1n) is 9.25. The van der Waals surface area contributed by atoms with Crippen LogP contribution in [0.25, 0.3) is 0 Å². The van der Waals surface area contributed by atoms with Gasteiger partial charge in [-0.05, 0) is 50.1 Å². The zero-order valence-electron chi connectivity index (χ0n) is 15.7. The summed E-state index contributed by atoms with van der Waals surface area (Å²) in [6.45, 7) is 3.21. The molecule has 1 amide bonds. The summed E-state index contributed by atoms with van der Waals surface area (Å²) in [5.74, 6) is -0.363. The summed E-state index contributed by atoms with van der Waals surface area (Å²) in [6.07, 6.45) is -2.69. The van der Waals surface area contributed by atoms with Gasteiger partial charge in [0.05, 0.1) is 10.6 Å². The summed E-state index contributed by atoms with van der Waals surface area (Å²) in [4.78, 5) is 20.2. The molecule has 1 aliphatic rings. The molecule has 1 aromatic heterocycles. The van der Waals surface area contributed by atoms with Gasteiger partial charge in [0.25, 0.3) is 0 Å². The molecule has 0 aliphatic carbocycles. The van der Waals surface area contributed by atoms with Gasteiger partial charge in [-0.2, -0.15) is 13.2 Å². The Bertz CT molecular complexity index is 865. The van der Waals surface area contributed by atoms with Crippen LogP contribution in [0.1, 0.15) is 25.3 Å². The molecular formula is C20H20ClF4N3O. The average Bonchev–Trinajstić information content (AvgIpc) is 2.69. The summed E-state index contributed by atoms with van der Waals surface area (Å²) in [7, 11) is 0. The van der Waals surface area contributed by atoms with Crippen molar-refractivity contribution in [1.82, 2.24) is 4.98 Å². The molecule has 2 aromatic rings. The Kier molecular flexibility index (Phi) is 6.31. The maximum atomic E-state index is 13.1. The van der Waals surface area contributed by atoms with Gasteiger partial charge in [-0.15, -0.1) is 0 Å². The highest BCUT2D eigenvalue weighted by Gasteiger charge is 2.33. The molecule has 0 bridgehead atoms. The predicted molar refractivity (Wildman–Crippen MR) is 104 cm³/mol. The Morgan fingerprint density at radius 2 is 1.86 bits per heavy atom. The first-order chi connectivity index (χ1) is 13.7. The van der Waals surface area contributed by atoms with Crippen LogP contribution in [0.3, 0.4) is 0 Å². The standard InChI is InChI=1S/C20H20ClF4N3O/c1-2-28(16-5-3-15(22)4-6-16)19(29)13-7-9-27(10-8-13)18-17(21)11-14(12-26-18)20(23,24)25/h3-6,11-13H,2,7-10H2,1H3. The van der Waals surface area contributed by atoms with Gasteiger partial charge < -0.3 is 9.80 Å². The molecule has 0 radical (unpaired) electrons. The van der Waals surface area contributed by atoms with Crippen molar-refractivity contribution in [3.8, 4) is 0 Å². The van der Waals surface area contributed by atoms with Gasteiger partial charge in [-0.1, -0.05) is 11.6 Å². The van der Waals surface area contributed by atoms with Gasteiger partial charge in [0.2, 0.25) is 5.91 Å². The van der Waals surface area contributed by atoms with Crippen molar-refractivity contribution in [2.45, 2.75) is 25.9 Å². The second-order valence-corrected chi connectivity index (χ2v) is 7.25. The summed E-state index contributed by atoms with van der Waals surface area (Å²) in [5.41, 5.74) is -0.261. The molecule has 0 saturated carbocycles. The molecule has 2 heterocycles. The number of amides is 1. The number of carbonyl (C=O) groups is 1. The number of rotatable bonds is 4. The van der Waals surface area contributed by atoms with Gasteiger partial charge in [0, 0.05) is 37.4 Å². The Balaban J connectivity index is 1.67. The van der Waals surface area contributed by atoms with Crippen LogP contribution in [0.15, 0.2) is 36.5 Å². The van der Waals surface area contributed by atoms with E-state index in [0.29, 0.717) is 38.2 Å². The maximum Gasteiger partial charge on any atom is 0.417 e. The van der Waals surface area contributed by atoms with Crippen LogP contribution in [0.2, 0.25) is 5.02 Å². The van der Waals surface area contributed by atoms with Crippen molar-refractivity contribution in [2.75, 3.05) is 29.4 Å². The molecule has 0 unspecified atom stereocenters. The molecule has 1 saturated heterocycles. The van der Waals surface area contributed by atoms with Crippen LogP contribution in [-0.4, -0.2) is 30.5 Å². The van der Waals surface area contributed by atoms with E-state index in [9.17, 15) is 22.4 Å². The highest BCUT2D eigenvalue weighted by molar-refractivity contribution is 6.33. The van der Waals surface area contributed by atoms with E-state index in [0.717, 1.165) is 12.3 Å². The van der Waals surface area contributed by atoms with Crippen molar-refractivity contribution in [3.63, 3.8) is 0 Å². The first-order valence-corrected chi connectivity index (χ1v) is 9.63. The van der Waals surface area contributed by atoms with Crippen LogP contribution in [0.5, 0.6) is 0 Å². The zero-order chi connectivity index (χ0) is 21.2. The molecule has 1 fully saturated rings. The van der Waals surface area contributed by atoms with Gasteiger partial charge in [-0.3, -0.25) is 4.79 Å². The highest BCUT2D eigenvalue weighted by Crippen LogP contribution is 2.35. The number of carbonyl (C=O) groups excluding carboxylic acids is 1. The highest BCUT2D eigenvalue weighted by atomic mass is 35.5. The SMILES string of the molecule is CCN(C(=O)C1CCN(c2ncc(C(F)(F)F)cc2Cl)CC1)c1ccc(F)cc1. The zero-order valence-corrected chi connectivity index (χ0v) is 16.5. The molecule has 1 aliphatic heterocycles. The fourth-order valence-corrected chi connectivity index (χ4v) is 3.75. The third-order valence-corrected chi connectivity index (χ3v) is 5.29. The number of hydrogen-bond acceptors (Lipinski definition) is 3. The van der Waals surface area contributed by atoms with E-state index in [-0.39, 0.29) is 28.5 Å². The number of pyridine rings is 1. The lowest BCUT2D eigenvalue weighted by atomic mass is 9.95. The molecular weight excluding hydrogens is 410 g/mol. The lowest BCUT2D eigenvalue weighted by molar-refractivity contribution is -0.137. The Morgan fingerprint density at radius 1 is 1.24 bits per heavy atom. The van der Waals surface area contributed by atoms with Crippen LogP contribution in [0, 0.1) is 11.7 Å². The lowest BCUT2D eigenvalue weighted by Gasteiger charge is -2.35. The fourth-order valence-electron chi connectivity index (χ4n) is 3.46. The number of aromatic nitrogens is 1. The smallest absolute Gasteiger partial charge is 0.355 e. The van der Waals surface area contributed by atoms with Crippen LogP contribution >= 0.6 is 11.6 Å². The molecule has 4 nitrogen and oxygen atoms in total. The van der Waals surface area contributed by atoms with Crippen molar-refractivity contribution in [3.05, 3.63) is 52.9 Å². The normalized spacial score (nSPS) is 15.4. The Hall–Kier alpha value is -2.35. The maximum absolute atomic E-state index is 13.1. The van der Waals surface area contributed by atoms with Gasteiger partial charge >= 0.3 is 6.18 Å². The molecule has 0 atom stereocenters. The average molecular weight is 430 g/mol. The number of anilines is 2. The number of benzene rings is 1. The molecule has 3 rings (SSSR count). The van der Waals surface area contributed by atoms with E-state index in [1.807, 2.05) is 6.92 Å². The monoisotopic (exact) mass is 429 g/mol. The molecule has 0 N–H and O–H groups in total. The minimum atomic E-state index is -4.50. The topological polar surface area (TPSA) is 36.4 Å².